The fraction of sp³-hybridized carbons (Fsp3) is 0.409. The first-order valence-electron chi connectivity index (χ1n) is 10.2. The Kier molecular flexibility index (Phi) is 5.71. The quantitative estimate of drug-likeness (QED) is 0.722. The van der Waals surface area contributed by atoms with Crippen molar-refractivity contribution in [3.8, 4) is 5.75 Å². The highest BCUT2D eigenvalue weighted by atomic mass is 32.2. The Morgan fingerprint density at radius 1 is 1.03 bits per heavy atom. The summed E-state index contributed by atoms with van der Waals surface area (Å²) in [5.41, 5.74) is 1.83. The van der Waals surface area contributed by atoms with E-state index in [0.717, 1.165) is 11.3 Å². The molecule has 1 amide bonds. The fourth-order valence-corrected chi connectivity index (χ4v) is 5.44. The van der Waals surface area contributed by atoms with E-state index in [1.54, 1.807) is 29.2 Å². The number of fused-ring (bicyclic) bond motifs is 1. The monoisotopic (exact) mass is 430 g/mol. The van der Waals surface area contributed by atoms with Gasteiger partial charge in [0.15, 0.2) is 0 Å². The molecule has 7 nitrogen and oxygen atoms in total. The van der Waals surface area contributed by atoms with Crippen LogP contribution >= 0.6 is 0 Å². The standard InChI is InChI=1S/C22H26N2O5S/c1-16(2)29-19-7-9-20(10-8-19)30(26,27)23-13-11-18(12-14-23)24-21-6-4-3-5-17(21)15-28-22(24)25/h3-10,16,18H,11-15H2,1-2H3. The van der Waals surface area contributed by atoms with Crippen molar-refractivity contribution in [3.05, 3.63) is 54.1 Å². The van der Waals surface area contributed by atoms with E-state index < -0.39 is 10.0 Å². The Balaban J connectivity index is 1.46. The van der Waals surface area contributed by atoms with Gasteiger partial charge in [-0.15, -0.1) is 0 Å². The minimum Gasteiger partial charge on any atom is -0.491 e. The molecule has 2 aliphatic heterocycles. The Morgan fingerprint density at radius 2 is 1.70 bits per heavy atom. The van der Waals surface area contributed by atoms with Crippen molar-refractivity contribution in [3.63, 3.8) is 0 Å². The molecule has 2 aromatic rings. The molecule has 4 rings (SSSR count). The first-order valence-corrected chi connectivity index (χ1v) is 11.6. The van der Waals surface area contributed by atoms with Gasteiger partial charge in [-0.25, -0.2) is 13.2 Å². The maximum Gasteiger partial charge on any atom is 0.414 e. The molecule has 2 aliphatic rings. The van der Waals surface area contributed by atoms with Crippen LogP contribution in [0.3, 0.4) is 0 Å². The van der Waals surface area contributed by atoms with Crippen LogP contribution in [0.5, 0.6) is 5.75 Å². The molecule has 0 saturated carbocycles. The van der Waals surface area contributed by atoms with Crippen LogP contribution < -0.4 is 9.64 Å². The fourth-order valence-electron chi connectivity index (χ4n) is 3.97. The SMILES string of the molecule is CC(C)Oc1ccc(S(=O)(=O)N2CCC(N3C(=O)OCc4ccccc43)CC2)cc1. The first-order chi connectivity index (χ1) is 14.4. The first kappa shape index (κ1) is 20.7. The summed E-state index contributed by atoms with van der Waals surface area (Å²) in [6.45, 7) is 4.82. The smallest absolute Gasteiger partial charge is 0.414 e. The van der Waals surface area contributed by atoms with Gasteiger partial charge in [-0.3, -0.25) is 4.90 Å². The molecule has 1 saturated heterocycles. The normalized spacial score (nSPS) is 18.2. The average Bonchev–Trinajstić information content (AvgIpc) is 2.74. The topological polar surface area (TPSA) is 76.2 Å². The summed E-state index contributed by atoms with van der Waals surface area (Å²) in [6.07, 6.45) is 0.767. The predicted octanol–water partition coefficient (Wildman–Crippen LogP) is 3.78. The zero-order valence-electron chi connectivity index (χ0n) is 17.2. The van der Waals surface area contributed by atoms with Crippen LogP contribution in [-0.4, -0.2) is 44.1 Å². The van der Waals surface area contributed by atoms with Gasteiger partial charge in [0, 0.05) is 24.7 Å². The van der Waals surface area contributed by atoms with Crippen molar-refractivity contribution in [2.24, 2.45) is 0 Å². The van der Waals surface area contributed by atoms with Crippen molar-refractivity contribution >= 4 is 21.8 Å². The third-order valence-electron chi connectivity index (χ3n) is 5.42. The molecule has 0 bridgehead atoms. The molecule has 0 aromatic heterocycles. The number of piperidine rings is 1. The summed E-state index contributed by atoms with van der Waals surface area (Å²) in [5.74, 6) is 0.643. The van der Waals surface area contributed by atoms with Crippen LogP contribution in [0.2, 0.25) is 0 Å². The number of rotatable bonds is 5. The lowest BCUT2D eigenvalue weighted by Gasteiger charge is -2.39. The molecule has 0 spiro atoms. The largest absolute Gasteiger partial charge is 0.491 e. The second-order valence-corrected chi connectivity index (χ2v) is 9.76. The number of amides is 1. The highest BCUT2D eigenvalue weighted by Crippen LogP contribution is 2.33. The van der Waals surface area contributed by atoms with Crippen molar-refractivity contribution in [2.75, 3.05) is 18.0 Å². The number of anilines is 1. The van der Waals surface area contributed by atoms with Crippen LogP contribution in [0.15, 0.2) is 53.4 Å². The Labute approximate surface area is 177 Å². The number of hydrogen-bond donors (Lipinski definition) is 0. The van der Waals surface area contributed by atoms with E-state index in [4.69, 9.17) is 9.47 Å². The highest BCUT2D eigenvalue weighted by molar-refractivity contribution is 7.89. The molecule has 1 fully saturated rings. The van der Waals surface area contributed by atoms with E-state index in [2.05, 4.69) is 0 Å². The number of carbonyl (C=O) groups is 1. The summed E-state index contributed by atoms with van der Waals surface area (Å²) < 4.78 is 38.5. The Hall–Kier alpha value is -2.58. The lowest BCUT2D eigenvalue weighted by Crippen LogP contribution is -2.50. The van der Waals surface area contributed by atoms with Gasteiger partial charge in [0.2, 0.25) is 10.0 Å². The van der Waals surface area contributed by atoms with Crippen LogP contribution in [0.25, 0.3) is 0 Å². The molecule has 8 heteroatoms. The summed E-state index contributed by atoms with van der Waals surface area (Å²) >= 11 is 0. The van der Waals surface area contributed by atoms with Gasteiger partial charge in [0.25, 0.3) is 0 Å². The van der Waals surface area contributed by atoms with Crippen molar-refractivity contribution in [1.82, 2.24) is 4.31 Å². The molecule has 0 aliphatic carbocycles. The second-order valence-electron chi connectivity index (χ2n) is 7.83. The molecule has 30 heavy (non-hydrogen) atoms. The van der Waals surface area contributed by atoms with Crippen LogP contribution in [0.1, 0.15) is 32.3 Å². The Bertz CT molecular complexity index is 1010. The lowest BCUT2D eigenvalue weighted by atomic mass is 10.0. The van der Waals surface area contributed by atoms with Gasteiger partial charge in [-0.1, -0.05) is 18.2 Å². The van der Waals surface area contributed by atoms with Gasteiger partial charge in [0.1, 0.15) is 12.4 Å². The summed E-state index contributed by atoms with van der Waals surface area (Å²) in [6, 6.07) is 14.1. The molecular formula is C22H26N2O5S. The predicted molar refractivity (Wildman–Crippen MR) is 113 cm³/mol. The molecular weight excluding hydrogens is 404 g/mol. The Morgan fingerprint density at radius 3 is 2.37 bits per heavy atom. The van der Waals surface area contributed by atoms with E-state index in [-0.39, 0.29) is 29.7 Å². The molecule has 0 N–H and O–H groups in total. The van der Waals surface area contributed by atoms with Gasteiger partial charge in [-0.05, 0) is 57.0 Å². The van der Waals surface area contributed by atoms with Gasteiger partial charge in [-0.2, -0.15) is 4.31 Å². The van der Waals surface area contributed by atoms with Gasteiger partial charge < -0.3 is 9.47 Å². The zero-order valence-corrected chi connectivity index (χ0v) is 18.0. The average molecular weight is 431 g/mol. The van der Waals surface area contributed by atoms with E-state index in [1.165, 1.54) is 4.31 Å². The maximum atomic E-state index is 13.0. The van der Waals surface area contributed by atoms with Crippen molar-refractivity contribution < 1.29 is 22.7 Å². The summed E-state index contributed by atoms with van der Waals surface area (Å²) in [7, 11) is -3.59. The number of benzene rings is 2. The number of para-hydroxylation sites is 1. The minimum atomic E-state index is -3.59. The molecule has 2 aromatic carbocycles. The van der Waals surface area contributed by atoms with E-state index in [0.29, 0.717) is 31.7 Å². The van der Waals surface area contributed by atoms with E-state index >= 15 is 0 Å². The van der Waals surface area contributed by atoms with Gasteiger partial charge >= 0.3 is 6.09 Å². The zero-order chi connectivity index (χ0) is 21.3. The third kappa shape index (κ3) is 4.02. The number of sulfonamides is 1. The van der Waals surface area contributed by atoms with Gasteiger partial charge in [0.05, 0.1) is 16.7 Å². The van der Waals surface area contributed by atoms with E-state index in [1.807, 2.05) is 38.1 Å². The molecule has 0 radical (unpaired) electrons. The van der Waals surface area contributed by atoms with Crippen molar-refractivity contribution in [2.45, 2.75) is 50.3 Å². The maximum absolute atomic E-state index is 13.0. The van der Waals surface area contributed by atoms with Crippen LogP contribution in [0.4, 0.5) is 10.5 Å². The lowest BCUT2D eigenvalue weighted by molar-refractivity contribution is 0.136. The minimum absolute atomic E-state index is 0.0260. The molecule has 160 valence electrons. The second kappa shape index (κ2) is 8.28. The number of hydrogen-bond acceptors (Lipinski definition) is 5. The molecule has 0 unspecified atom stereocenters. The van der Waals surface area contributed by atoms with Crippen LogP contribution in [-0.2, 0) is 21.4 Å². The van der Waals surface area contributed by atoms with Crippen LogP contribution in [0, 0.1) is 0 Å². The number of nitrogens with zero attached hydrogens (tertiary/aromatic N) is 2. The van der Waals surface area contributed by atoms with E-state index in [9.17, 15) is 13.2 Å². The number of cyclic esters (lactones) is 1. The van der Waals surface area contributed by atoms with Crippen molar-refractivity contribution in [1.29, 1.82) is 0 Å². The third-order valence-corrected chi connectivity index (χ3v) is 7.33. The molecule has 2 heterocycles. The highest BCUT2D eigenvalue weighted by Gasteiger charge is 2.37. The summed E-state index contributed by atoms with van der Waals surface area (Å²) in [4.78, 5) is 14.4. The summed E-state index contributed by atoms with van der Waals surface area (Å²) in [5, 5.41) is 0. The number of carbonyl (C=O) groups excluding carboxylic acids is 1. The molecule has 0 atom stereocenters. The number of ether oxygens (including phenoxy) is 2.